The Bertz CT molecular complexity index is 413. The number of halogens is 2. The maximum absolute atomic E-state index is 12.4. The number of piperidine rings is 1. The summed E-state index contributed by atoms with van der Waals surface area (Å²) in [6.07, 6.45) is 3.03. The van der Waals surface area contributed by atoms with E-state index in [9.17, 15) is 8.78 Å². The number of rotatable bonds is 6. The molecular weight excluding hydrogens is 264 g/mol. The van der Waals surface area contributed by atoms with Crippen LogP contribution in [0.4, 0.5) is 8.78 Å². The number of hydrogen-bond donors (Lipinski definition) is 1. The standard InChI is InChI=1S/C15H21F2NO2/c16-15(17)20-14-6-2-1-5-13(14)11-18-8-3-4-12(10-18)7-9-19/h1-2,5-6,12,15,19H,3-4,7-11H2. The molecule has 3 nitrogen and oxygen atoms in total. The van der Waals surface area contributed by atoms with Gasteiger partial charge >= 0.3 is 6.61 Å². The monoisotopic (exact) mass is 285 g/mol. The number of alkyl halides is 2. The van der Waals surface area contributed by atoms with Gasteiger partial charge in [-0.15, -0.1) is 0 Å². The zero-order valence-electron chi connectivity index (χ0n) is 11.5. The fourth-order valence-corrected chi connectivity index (χ4v) is 2.80. The average Bonchev–Trinajstić information content (AvgIpc) is 2.41. The third-order valence-electron chi connectivity index (χ3n) is 3.72. The second kappa shape index (κ2) is 7.55. The molecule has 112 valence electrons. The molecule has 1 atom stereocenters. The Morgan fingerprint density at radius 2 is 2.15 bits per heavy atom. The molecule has 1 saturated heterocycles. The molecule has 2 rings (SSSR count). The zero-order chi connectivity index (χ0) is 14.4. The zero-order valence-corrected chi connectivity index (χ0v) is 11.5. The molecule has 1 heterocycles. The first-order chi connectivity index (χ1) is 9.69. The highest BCUT2D eigenvalue weighted by Gasteiger charge is 2.20. The van der Waals surface area contributed by atoms with Crippen molar-refractivity contribution in [2.45, 2.75) is 32.4 Å². The van der Waals surface area contributed by atoms with E-state index in [0.717, 1.165) is 37.9 Å². The van der Waals surface area contributed by atoms with Gasteiger partial charge in [0.25, 0.3) is 0 Å². The number of likely N-dealkylation sites (tertiary alicyclic amines) is 1. The second-order valence-electron chi connectivity index (χ2n) is 5.24. The Morgan fingerprint density at radius 3 is 2.90 bits per heavy atom. The van der Waals surface area contributed by atoms with Crippen LogP contribution < -0.4 is 4.74 Å². The predicted octanol–water partition coefficient (Wildman–Crippen LogP) is 2.88. The summed E-state index contributed by atoms with van der Waals surface area (Å²) in [6, 6.07) is 6.94. The summed E-state index contributed by atoms with van der Waals surface area (Å²) in [7, 11) is 0. The van der Waals surface area contributed by atoms with Crippen LogP contribution in [0, 0.1) is 5.92 Å². The van der Waals surface area contributed by atoms with E-state index in [-0.39, 0.29) is 12.4 Å². The summed E-state index contributed by atoms with van der Waals surface area (Å²) in [6.45, 7) is -0.0947. The van der Waals surface area contributed by atoms with Crippen LogP contribution in [0.3, 0.4) is 0 Å². The van der Waals surface area contributed by atoms with E-state index in [2.05, 4.69) is 9.64 Å². The van der Waals surface area contributed by atoms with Crippen molar-refractivity contribution in [3.8, 4) is 5.75 Å². The number of benzene rings is 1. The lowest BCUT2D eigenvalue weighted by Crippen LogP contribution is -2.35. The summed E-state index contributed by atoms with van der Waals surface area (Å²) in [5, 5.41) is 9.02. The first-order valence-corrected chi connectivity index (χ1v) is 7.05. The van der Waals surface area contributed by atoms with E-state index in [1.54, 1.807) is 12.1 Å². The summed E-state index contributed by atoms with van der Waals surface area (Å²) < 4.78 is 29.3. The minimum absolute atomic E-state index is 0.212. The second-order valence-corrected chi connectivity index (χ2v) is 5.24. The van der Waals surface area contributed by atoms with Crippen LogP contribution in [0.15, 0.2) is 24.3 Å². The highest BCUT2D eigenvalue weighted by atomic mass is 19.3. The molecule has 0 aliphatic carbocycles. The third-order valence-corrected chi connectivity index (χ3v) is 3.72. The van der Waals surface area contributed by atoms with Crippen LogP contribution >= 0.6 is 0 Å². The van der Waals surface area contributed by atoms with Crippen molar-refractivity contribution in [1.82, 2.24) is 4.90 Å². The predicted molar refractivity (Wildman–Crippen MR) is 72.8 cm³/mol. The van der Waals surface area contributed by atoms with Crippen molar-refractivity contribution in [3.63, 3.8) is 0 Å². The maximum Gasteiger partial charge on any atom is 0.387 e. The van der Waals surface area contributed by atoms with Crippen molar-refractivity contribution >= 4 is 0 Å². The van der Waals surface area contributed by atoms with Crippen LogP contribution in [0.5, 0.6) is 5.75 Å². The molecule has 1 fully saturated rings. The molecule has 0 saturated carbocycles. The minimum atomic E-state index is -2.79. The fourth-order valence-electron chi connectivity index (χ4n) is 2.80. The molecule has 1 aromatic rings. The Morgan fingerprint density at radius 1 is 1.35 bits per heavy atom. The molecule has 5 heteroatoms. The van der Waals surface area contributed by atoms with Gasteiger partial charge < -0.3 is 9.84 Å². The van der Waals surface area contributed by atoms with Crippen molar-refractivity contribution in [2.24, 2.45) is 5.92 Å². The van der Waals surface area contributed by atoms with Gasteiger partial charge in [0, 0.05) is 25.3 Å². The Kier molecular flexibility index (Phi) is 5.73. The molecule has 0 amide bonds. The van der Waals surface area contributed by atoms with Crippen LogP contribution in [0.25, 0.3) is 0 Å². The Balaban J connectivity index is 1.98. The van der Waals surface area contributed by atoms with Gasteiger partial charge in [-0.05, 0) is 37.8 Å². The quantitative estimate of drug-likeness (QED) is 0.872. The van der Waals surface area contributed by atoms with Gasteiger partial charge in [-0.25, -0.2) is 0 Å². The van der Waals surface area contributed by atoms with Crippen molar-refractivity contribution in [3.05, 3.63) is 29.8 Å². The van der Waals surface area contributed by atoms with E-state index < -0.39 is 6.61 Å². The van der Waals surface area contributed by atoms with Crippen LogP contribution in [-0.2, 0) is 6.54 Å². The van der Waals surface area contributed by atoms with Gasteiger partial charge in [0.1, 0.15) is 5.75 Å². The molecule has 0 aromatic heterocycles. The lowest BCUT2D eigenvalue weighted by Gasteiger charge is -2.32. The van der Waals surface area contributed by atoms with Gasteiger partial charge in [-0.1, -0.05) is 18.2 Å². The molecule has 1 unspecified atom stereocenters. The molecule has 1 aromatic carbocycles. The lowest BCUT2D eigenvalue weighted by molar-refractivity contribution is -0.0508. The van der Waals surface area contributed by atoms with Gasteiger partial charge in [0.05, 0.1) is 0 Å². The summed E-state index contributed by atoms with van der Waals surface area (Å²) in [4.78, 5) is 2.25. The third kappa shape index (κ3) is 4.42. The summed E-state index contributed by atoms with van der Waals surface area (Å²) in [5.41, 5.74) is 0.789. The van der Waals surface area contributed by atoms with Crippen LogP contribution in [0.2, 0.25) is 0 Å². The number of hydrogen-bond acceptors (Lipinski definition) is 3. The number of nitrogens with zero attached hydrogens (tertiary/aromatic N) is 1. The molecule has 1 N–H and O–H groups in total. The van der Waals surface area contributed by atoms with Crippen molar-refractivity contribution in [1.29, 1.82) is 0 Å². The Labute approximate surface area is 118 Å². The molecular formula is C15H21F2NO2. The van der Waals surface area contributed by atoms with Gasteiger partial charge in [0.2, 0.25) is 0 Å². The summed E-state index contributed by atoms with van der Waals surface area (Å²) in [5.74, 6) is 0.753. The van der Waals surface area contributed by atoms with Gasteiger partial charge in [-0.2, -0.15) is 8.78 Å². The maximum atomic E-state index is 12.4. The highest BCUT2D eigenvalue weighted by Crippen LogP contribution is 2.25. The van der Waals surface area contributed by atoms with Crippen molar-refractivity contribution in [2.75, 3.05) is 19.7 Å². The van der Waals surface area contributed by atoms with Gasteiger partial charge in [-0.3, -0.25) is 4.90 Å². The SMILES string of the molecule is OCCC1CCCN(Cc2ccccc2OC(F)F)C1. The van der Waals surface area contributed by atoms with Crippen LogP contribution in [-0.4, -0.2) is 36.3 Å². The number of para-hydroxylation sites is 1. The van der Waals surface area contributed by atoms with Crippen molar-refractivity contribution < 1.29 is 18.6 Å². The number of aliphatic hydroxyl groups excluding tert-OH is 1. The molecule has 0 bridgehead atoms. The largest absolute Gasteiger partial charge is 0.434 e. The van der Waals surface area contributed by atoms with Crippen LogP contribution in [0.1, 0.15) is 24.8 Å². The Hall–Kier alpha value is -1.20. The van der Waals surface area contributed by atoms with E-state index in [0.29, 0.717) is 12.5 Å². The van der Waals surface area contributed by atoms with E-state index in [4.69, 9.17) is 5.11 Å². The minimum Gasteiger partial charge on any atom is -0.434 e. The highest BCUT2D eigenvalue weighted by molar-refractivity contribution is 5.33. The first-order valence-electron chi connectivity index (χ1n) is 7.05. The molecule has 1 aliphatic rings. The number of aliphatic hydroxyl groups is 1. The smallest absolute Gasteiger partial charge is 0.387 e. The molecule has 1 aliphatic heterocycles. The fraction of sp³-hybridized carbons (Fsp3) is 0.600. The lowest BCUT2D eigenvalue weighted by atomic mass is 9.95. The topological polar surface area (TPSA) is 32.7 Å². The average molecular weight is 285 g/mol. The van der Waals surface area contributed by atoms with E-state index in [1.165, 1.54) is 0 Å². The normalized spacial score (nSPS) is 20.3. The molecule has 0 radical (unpaired) electrons. The molecule has 20 heavy (non-hydrogen) atoms. The summed E-state index contributed by atoms with van der Waals surface area (Å²) >= 11 is 0. The first kappa shape index (κ1) is 15.2. The van der Waals surface area contributed by atoms with E-state index in [1.807, 2.05) is 12.1 Å². The van der Waals surface area contributed by atoms with E-state index >= 15 is 0 Å². The molecule has 0 spiro atoms. The number of ether oxygens (including phenoxy) is 1. The van der Waals surface area contributed by atoms with Gasteiger partial charge in [0.15, 0.2) is 0 Å².